The Balaban J connectivity index is 1.34. The SMILES string of the molecule is CC(C)(C)OC(=O)N1CCC(C(=O)N2CC[C@](CC(=O)NOC3CCCCO3)(c3ccc(-c4ccc(Cl)cc4)s3)S(=O)(=O)CC2)CC1. The second kappa shape index (κ2) is 14.8. The Labute approximate surface area is 285 Å². The average molecular weight is 710 g/mol. The number of hydroxylamine groups is 1. The van der Waals surface area contributed by atoms with Gasteiger partial charge in [0.15, 0.2) is 16.1 Å². The summed E-state index contributed by atoms with van der Waals surface area (Å²) in [6, 6.07) is 10.9. The lowest BCUT2D eigenvalue weighted by Gasteiger charge is -2.35. The Kier molecular flexibility index (Phi) is 11.2. The molecular formula is C33H44ClN3O8S2. The van der Waals surface area contributed by atoms with Crippen LogP contribution in [0.5, 0.6) is 0 Å². The summed E-state index contributed by atoms with van der Waals surface area (Å²) in [6.07, 6.45) is 2.09. The lowest BCUT2D eigenvalue weighted by molar-refractivity contribution is -0.200. The number of carbonyl (C=O) groups is 3. The molecule has 1 N–H and O–H groups in total. The second-order valence-electron chi connectivity index (χ2n) is 13.4. The lowest BCUT2D eigenvalue weighted by Crippen LogP contribution is -2.46. The van der Waals surface area contributed by atoms with Crippen LogP contribution >= 0.6 is 22.9 Å². The number of amides is 3. The molecule has 14 heteroatoms. The molecule has 0 radical (unpaired) electrons. The number of benzene rings is 1. The summed E-state index contributed by atoms with van der Waals surface area (Å²) in [6.45, 7) is 6.92. The highest BCUT2D eigenvalue weighted by Gasteiger charge is 2.50. The van der Waals surface area contributed by atoms with Gasteiger partial charge in [-0.3, -0.25) is 9.59 Å². The molecule has 5 rings (SSSR count). The van der Waals surface area contributed by atoms with Gasteiger partial charge in [-0.15, -0.1) is 11.3 Å². The normalized spacial score (nSPS) is 24.0. The quantitative estimate of drug-likeness (QED) is 0.372. The Hall–Kier alpha value is -2.71. The van der Waals surface area contributed by atoms with Crippen LogP contribution in [0.2, 0.25) is 5.02 Å². The van der Waals surface area contributed by atoms with Crippen molar-refractivity contribution in [1.82, 2.24) is 15.3 Å². The maximum Gasteiger partial charge on any atom is 0.410 e. The summed E-state index contributed by atoms with van der Waals surface area (Å²) >= 11 is 7.41. The molecule has 1 aromatic carbocycles. The number of halogens is 1. The first-order chi connectivity index (χ1) is 22.3. The molecule has 4 heterocycles. The predicted molar refractivity (Wildman–Crippen MR) is 179 cm³/mol. The van der Waals surface area contributed by atoms with Crippen molar-refractivity contribution in [3.63, 3.8) is 0 Å². The number of sulfone groups is 1. The van der Waals surface area contributed by atoms with E-state index in [-0.39, 0.29) is 43.5 Å². The molecule has 2 aromatic rings. The number of thiophene rings is 1. The Morgan fingerprint density at radius 1 is 1.00 bits per heavy atom. The number of nitrogens with one attached hydrogen (secondary N) is 1. The molecule has 1 unspecified atom stereocenters. The van der Waals surface area contributed by atoms with Crippen LogP contribution in [-0.4, -0.2) is 86.6 Å². The van der Waals surface area contributed by atoms with Crippen LogP contribution in [0, 0.1) is 5.92 Å². The van der Waals surface area contributed by atoms with E-state index in [9.17, 15) is 22.8 Å². The van der Waals surface area contributed by atoms with Crippen molar-refractivity contribution in [2.75, 3.05) is 38.5 Å². The molecule has 3 saturated heterocycles. The van der Waals surface area contributed by atoms with Gasteiger partial charge in [-0.25, -0.2) is 23.5 Å². The molecule has 3 amide bonds. The number of hydrogen-bond acceptors (Lipinski definition) is 9. The second-order valence-corrected chi connectivity index (χ2v) is 17.4. The molecule has 0 spiro atoms. The van der Waals surface area contributed by atoms with E-state index in [1.165, 1.54) is 11.3 Å². The number of hydrogen-bond donors (Lipinski definition) is 1. The number of rotatable bonds is 7. The molecule has 3 fully saturated rings. The molecular weight excluding hydrogens is 666 g/mol. The third-order valence-electron chi connectivity index (χ3n) is 8.89. The summed E-state index contributed by atoms with van der Waals surface area (Å²) in [5, 5.41) is 0.590. The molecule has 3 aliphatic rings. The maximum absolute atomic E-state index is 14.3. The van der Waals surface area contributed by atoms with Gasteiger partial charge in [0, 0.05) is 59.9 Å². The summed E-state index contributed by atoms with van der Waals surface area (Å²) in [4.78, 5) is 49.8. The molecule has 0 saturated carbocycles. The number of nitrogens with zero attached hydrogens (tertiary/aromatic N) is 2. The fourth-order valence-electron chi connectivity index (χ4n) is 6.27. The van der Waals surface area contributed by atoms with Gasteiger partial charge in [-0.2, -0.15) is 0 Å². The Morgan fingerprint density at radius 2 is 1.72 bits per heavy atom. The van der Waals surface area contributed by atoms with Gasteiger partial charge in [0.05, 0.1) is 12.2 Å². The molecule has 3 aliphatic heterocycles. The van der Waals surface area contributed by atoms with E-state index >= 15 is 0 Å². The Bertz CT molecular complexity index is 1530. The third-order valence-corrected chi connectivity index (χ3v) is 13.1. The van der Waals surface area contributed by atoms with Gasteiger partial charge in [0.2, 0.25) is 11.8 Å². The third kappa shape index (κ3) is 8.66. The van der Waals surface area contributed by atoms with E-state index in [0.717, 1.165) is 23.3 Å². The molecule has 0 bridgehead atoms. The molecule has 2 atom stereocenters. The Morgan fingerprint density at radius 3 is 2.38 bits per heavy atom. The van der Waals surface area contributed by atoms with Crippen molar-refractivity contribution >= 4 is 50.7 Å². The minimum Gasteiger partial charge on any atom is -0.444 e. The maximum atomic E-state index is 14.3. The molecule has 1 aromatic heterocycles. The van der Waals surface area contributed by atoms with Crippen molar-refractivity contribution in [2.45, 2.75) is 82.4 Å². The van der Waals surface area contributed by atoms with Crippen molar-refractivity contribution < 1.29 is 37.1 Å². The zero-order valence-electron chi connectivity index (χ0n) is 27.2. The molecule has 11 nitrogen and oxygen atoms in total. The number of likely N-dealkylation sites (tertiary alicyclic amines) is 1. The average Bonchev–Trinajstić information content (AvgIpc) is 3.49. The minimum absolute atomic E-state index is 0.0264. The molecule has 47 heavy (non-hydrogen) atoms. The van der Waals surface area contributed by atoms with Gasteiger partial charge in [0.1, 0.15) is 10.3 Å². The lowest BCUT2D eigenvalue weighted by atomic mass is 9.94. The number of piperidine rings is 1. The summed E-state index contributed by atoms with van der Waals surface area (Å²) in [7, 11) is -3.94. The van der Waals surface area contributed by atoms with Gasteiger partial charge >= 0.3 is 6.09 Å². The number of ether oxygens (including phenoxy) is 2. The van der Waals surface area contributed by atoms with E-state index in [1.54, 1.807) is 28.0 Å². The van der Waals surface area contributed by atoms with E-state index in [1.807, 2.05) is 39.0 Å². The van der Waals surface area contributed by atoms with Gasteiger partial charge in [-0.05, 0) is 82.7 Å². The van der Waals surface area contributed by atoms with Crippen LogP contribution in [0.25, 0.3) is 10.4 Å². The van der Waals surface area contributed by atoms with E-state index in [4.69, 9.17) is 25.9 Å². The van der Waals surface area contributed by atoms with Crippen LogP contribution < -0.4 is 5.48 Å². The van der Waals surface area contributed by atoms with Gasteiger partial charge in [0.25, 0.3) is 0 Å². The first-order valence-electron chi connectivity index (χ1n) is 16.2. The van der Waals surface area contributed by atoms with E-state index < -0.39 is 38.5 Å². The van der Waals surface area contributed by atoms with Crippen LogP contribution in [0.4, 0.5) is 4.79 Å². The zero-order chi connectivity index (χ0) is 33.8. The van der Waals surface area contributed by atoms with Crippen LogP contribution in [0.1, 0.15) is 70.6 Å². The fourth-order valence-corrected chi connectivity index (χ4v) is 10.0. The van der Waals surface area contributed by atoms with Crippen LogP contribution in [0.3, 0.4) is 0 Å². The highest BCUT2D eigenvalue weighted by molar-refractivity contribution is 7.92. The van der Waals surface area contributed by atoms with Crippen molar-refractivity contribution in [3.8, 4) is 10.4 Å². The highest BCUT2D eigenvalue weighted by Crippen LogP contribution is 2.45. The standard InChI is InChI=1S/C33H44ClN3O8S2/c1-32(2,3)44-31(40)37-16-13-24(14-17-37)30(39)36-18-15-33(47(41,42)21-19-36,22-28(38)35-45-29-6-4-5-20-43-29)27-12-11-26(46-27)23-7-9-25(34)10-8-23/h7-12,24,29H,4-6,13-22H2,1-3H3,(H,35,38)/t29?,33-/m0/s1. The first-order valence-corrected chi connectivity index (χ1v) is 19.0. The minimum atomic E-state index is -3.94. The van der Waals surface area contributed by atoms with E-state index in [0.29, 0.717) is 48.9 Å². The van der Waals surface area contributed by atoms with Crippen LogP contribution in [-0.2, 0) is 38.5 Å². The van der Waals surface area contributed by atoms with Crippen molar-refractivity contribution in [2.24, 2.45) is 5.92 Å². The monoisotopic (exact) mass is 709 g/mol. The highest BCUT2D eigenvalue weighted by atomic mass is 35.5. The summed E-state index contributed by atoms with van der Waals surface area (Å²) in [5.74, 6) is -1.33. The first kappa shape index (κ1) is 35.6. The largest absolute Gasteiger partial charge is 0.444 e. The van der Waals surface area contributed by atoms with E-state index in [2.05, 4.69) is 5.48 Å². The van der Waals surface area contributed by atoms with Crippen LogP contribution in [0.15, 0.2) is 36.4 Å². The summed E-state index contributed by atoms with van der Waals surface area (Å²) in [5.41, 5.74) is 2.71. The van der Waals surface area contributed by atoms with Crippen molar-refractivity contribution in [1.29, 1.82) is 0 Å². The van der Waals surface area contributed by atoms with Gasteiger partial charge in [-0.1, -0.05) is 23.7 Å². The zero-order valence-corrected chi connectivity index (χ0v) is 29.6. The predicted octanol–water partition coefficient (Wildman–Crippen LogP) is 5.52. The topological polar surface area (TPSA) is 132 Å². The summed E-state index contributed by atoms with van der Waals surface area (Å²) < 4.78 is 38.0. The smallest absolute Gasteiger partial charge is 0.410 e. The molecule has 258 valence electrons. The molecule has 0 aliphatic carbocycles. The number of carbonyl (C=O) groups excluding carboxylic acids is 3. The van der Waals surface area contributed by atoms with Gasteiger partial charge < -0.3 is 19.3 Å². The van der Waals surface area contributed by atoms with Crippen molar-refractivity contribution in [3.05, 3.63) is 46.3 Å². The fraction of sp³-hybridized carbons (Fsp3) is 0.606.